The van der Waals surface area contributed by atoms with Crippen LogP contribution < -0.4 is 9.79 Å². The van der Waals surface area contributed by atoms with E-state index in [1.807, 2.05) is 0 Å². The molecule has 0 aromatic carbocycles. The van der Waals surface area contributed by atoms with Crippen LogP contribution in [-0.4, -0.2) is 54.9 Å². The first-order valence-electron chi connectivity index (χ1n) is 9.70. The summed E-state index contributed by atoms with van der Waals surface area (Å²) in [6.07, 6.45) is 18.4. The van der Waals surface area contributed by atoms with Gasteiger partial charge in [-0.15, -0.1) is 0 Å². The maximum absolute atomic E-state index is 11.0. The van der Waals surface area contributed by atoms with Crippen molar-refractivity contribution in [3.8, 4) is 0 Å². The Morgan fingerprint density at radius 1 is 0.720 bits per heavy atom. The van der Waals surface area contributed by atoms with Crippen molar-refractivity contribution in [2.75, 3.05) is 0 Å². The molecule has 0 spiro atoms. The van der Waals surface area contributed by atoms with Crippen molar-refractivity contribution < 1.29 is 23.7 Å². The molecule has 0 heterocycles. The van der Waals surface area contributed by atoms with E-state index in [2.05, 4.69) is 11.4 Å². The van der Waals surface area contributed by atoms with Gasteiger partial charge in [-0.1, -0.05) is 96.8 Å². The van der Waals surface area contributed by atoms with E-state index >= 15 is 0 Å². The molecule has 0 aliphatic rings. The summed E-state index contributed by atoms with van der Waals surface area (Å²) >= 11 is 0. The molecular formula is C18H35BaO5P. The van der Waals surface area contributed by atoms with E-state index in [9.17, 15) is 19.1 Å². The Morgan fingerprint density at radius 2 is 1.04 bits per heavy atom. The molecule has 25 heavy (non-hydrogen) atoms. The molecule has 0 aromatic rings. The van der Waals surface area contributed by atoms with Crippen LogP contribution in [0, 0.1) is 0 Å². The summed E-state index contributed by atoms with van der Waals surface area (Å²) in [5.74, 6) is -0.932. The van der Waals surface area contributed by atoms with E-state index in [0.29, 0.717) is 6.42 Å². The Bertz CT molecular complexity index is 346. The normalized spacial score (nSPS) is 11.2. The number of phosphoric acid groups is 1. The average molecular weight is 500 g/mol. The number of carbonyl (C=O) groups is 1. The number of carbonyl (C=O) groups excluding carboxylic acids is 1. The minimum Gasteiger partial charge on any atom is -0.780 e. The van der Waals surface area contributed by atoms with Gasteiger partial charge in [0.15, 0.2) is 0 Å². The molecule has 0 aliphatic heterocycles. The van der Waals surface area contributed by atoms with Crippen molar-refractivity contribution in [2.24, 2.45) is 0 Å². The Kier molecular flexibility index (Phi) is 22.7. The molecule has 0 atom stereocenters. The van der Waals surface area contributed by atoms with Gasteiger partial charge in [0.05, 0.1) is 0 Å². The topological polar surface area (TPSA) is 89.5 Å². The predicted octanol–water partition coefficient (Wildman–Crippen LogP) is 4.24. The fourth-order valence-electron chi connectivity index (χ4n) is 2.81. The van der Waals surface area contributed by atoms with Gasteiger partial charge in [-0.2, -0.15) is 0 Å². The van der Waals surface area contributed by atoms with Gasteiger partial charge < -0.3 is 18.9 Å². The molecular weight excluding hydrogens is 464 g/mol. The Hall–Kier alpha value is 1.19. The molecule has 7 heteroatoms. The molecule has 0 aromatic heterocycles. The third-order valence-electron chi connectivity index (χ3n) is 4.20. The van der Waals surface area contributed by atoms with Crippen LogP contribution in [0.15, 0.2) is 0 Å². The number of phosphoric ester groups is 1. The molecule has 0 amide bonds. The van der Waals surface area contributed by atoms with Crippen LogP contribution in [0.4, 0.5) is 0 Å². The number of rotatable bonds is 17. The summed E-state index contributed by atoms with van der Waals surface area (Å²) in [5.41, 5.74) is 0. The summed E-state index contributed by atoms with van der Waals surface area (Å²) in [7, 11) is -5.16. The van der Waals surface area contributed by atoms with Crippen molar-refractivity contribution in [1.29, 1.82) is 0 Å². The van der Waals surface area contributed by atoms with Crippen molar-refractivity contribution >= 4 is 62.7 Å². The van der Waals surface area contributed by atoms with Crippen LogP contribution in [0.5, 0.6) is 0 Å². The third-order valence-corrected chi connectivity index (χ3v) is 4.63. The zero-order chi connectivity index (χ0) is 18.1. The standard InChI is InChI=1S/C18H37O5P.Ba/c1-2-3-4-5-6-7-8-9-10-11-12-13-14-15-16-17-18(19)23-24(20,21)22;/h2-17H2,1H3,(H2,20,21,22);/q;+2/p-2. The number of unbranched alkanes of at least 4 members (excludes halogenated alkanes) is 14. The van der Waals surface area contributed by atoms with Gasteiger partial charge in [-0.25, -0.2) is 0 Å². The van der Waals surface area contributed by atoms with Crippen LogP contribution in [0.1, 0.15) is 110 Å². The molecule has 0 radical (unpaired) electrons. The molecule has 5 nitrogen and oxygen atoms in total. The predicted molar refractivity (Wildman–Crippen MR) is 99.0 cm³/mol. The van der Waals surface area contributed by atoms with Gasteiger partial charge >= 0.3 is 54.9 Å². The average Bonchev–Trinajstić information content (AvgIpc) is 2.49. The Labute approximate surface area is 194 Å². The molecule has 0 N–H and O–H groups in total. The molecule has 0 rings (SSSR count). The largest absolute Gasteiger partial charge is 2.00 e. The fraction of sp³-hybridized carbons (Fsp3) is 0.944. The smallest absolute Gasteiger partial charge is 0.780 e. The SMILES string of the molecule is CCCCCCCCCCCCCCCCCC(=O)OP(=O)([O-])[O-].[Ba+2]. The number of hydrogen-bond donors (Lipinski definition) is 0. The van der Waals surface area contributed by atoms with Crippen LogP contribution >= 0.6 is 7.82 Å². The van der Waals surface area contributed by atoms with Crippen molar-refractivity contribution in [1.82, 2.24) is 0 Å². The number of hydrogen-bond acceptors (Lipinski definition) is 5. The zero-order valence-electron chi connectivity index (χ0n) is 16.0. The van der Waals surface area contributed by atoms with Gasteiger partial charge in [0.1, 0.15) is 7.82 Å². The molecule has 0 bridgehead atoms. The molecule has 0 aliphatic carbocycles. The molecule has 0 saturated heterocycles. The van der Waals surface area contributed by atoms with Gasteiger partial charge in [-0.05, 0) is 6.42 Å². The molecule has 0 unspecified atom stereocenters. The second kappa shape index (κ2) is 19.9. The first-order valence-corrected chi connectivity index (χ1v) is 11.2. The van der Waals surface area contributed by atoms with E-state index < -0.39 is 13.8 Å². The summed E-state index contributed by atoms with van der Waals surface area (Å²) in [6.45, 7) is 2.25. The van der Waals surface area contributed by atoms with E-state index in [4.69, 9.17) is 0 Å². The summed E-state index contributed by atoms with van der Waals surface area (Å²) in [6, 6.07) is 0. The summed E-state index contributed by atoms with van der Waals surface area (Å²) < 4.78 is 14.0. The second-order valence-electron chi connectivity index (χ2n) is 6.61. The minimum absolute atomic E-state index is 0. The quantitative estimate of drug-likeness (QED) is 0.170. The van der Waals surface area contributed by atoms with Gasteiger partial charge in [0, 0.05) is 6.42 Å². The maximum Gasteiger partial charge on any atom is 2.00 e. The van der Waals surface area contributed by atoms with Crippen molar-refractivity contribution in [2.45, 2.75) is 110 Å². The first-order chi connectivity index (χ1) is 11.5. The summed E-state index contributed by atoms with van der Waals surface area (Å²) in [4.78, 5) is 31.5. The van der Waals surface area contributed by atoms with E-state index in [-0.39, 0.29) is 55.3 Å². The fourth-order valence-corrected chi connectivity index (χ4v) is 3.15. The van der Waals surface area contributed by atoms with E-state index in [1.54, 1.807) is 0 Å². The molecule has 0 saturated carbocycles. The van der Waals surface area contributed by atoms with E-state index in [1.165, 1.54) is 70.6 Å². The molecule has 0 fully saturated rings. The Morgan fingerprint density at radius 3 is 1.36 bits per heavy atom. The maximum atomic E-state index is 11.0. The summed E-state index contributed by atoms with van der Waals surface area (Å²) in [5, 5.41) is 0. The van der Waals surface area contributed by atoms with E-state index in [0.717, 1.165) is 19.3 Å². The van der Waals surface area contributed by atoms with Crippen LogP contribution in [0.25, 0.3) is 0 Å². The van der Waals surface area contributed by atoms with Crippen LogP contribution in [-0.2, 0) is 13.9 Å². The molecule has 144 valence electrons. The van der Waals surface area contributed by atoms with Crippen molar-refractivity contribution in [3.63, 3.8) is 0 Å². The van der Waals surface area contributed by atoms with Crippen LogP contribution in [0.2, 0.25) is 0 Å². The van der Waals surface area contributed by atoms with Gasteiger partial charge in [-0.3, -0.25) is 4.79 Å². The van der Waals surface area contributed by atoms with Crippen molar-refractivity contribution in [3.05, 3.63) is 0 Å². The zero-order valence-corrected chi connectivity index (χ0v) is 21.3. The minimum atomic E-state index is -5.16. The Balaban J connectivity index is 0. The van der Waals surface area contributed by atoms with Crippen LogP contribution in [0.3, 0.4) is 0 Å². The van der Waals surface area contributed by atoms with Gasteiger partial charge in [0.2, 0.25) is 0 Å². The van der Waals surface area contributed by atoms with Gasteiger partial charge in [0.25, 0.3) is 0 Å². The first kappa shape index (κ1) is 28.4. The third kappa shape index (κ3) is 25.2. The monoisotopic (exact) mass is 500 g/mol. The second-order valence-corrected chi connectivity index (χ2v) is 7.69.